The molecule has 0 atom stereocenters. The van der Waals surface area contributed by atoms with Gasteiger partial charge in [-0.15, -0.1) is 0 Å². The second kappa shape index (κ2) is 11.2. The SMILES string of the molecule is N#Cc1cc(-c2ccccc2)c(-n2c3ccccc3c3cc(-c4cc(C(F)(F)F)cc(C(F)(F)F)c4)ccc32)cc1-c1ccncc1. The number of alkyl halides is 6. The lowest BCUT2D eigenvalue weighted by Gasteiger charge is -2.18. The van der Waals surface area contributed by atoms with Crippen LogP contribution in [-0.4, -0.2) is 9.55 Å². The van der Waals surface area contributed by atoms with Crippen LogP contribution in [0.3, 0.4) is 0 Å². The molecule has 0 aliphatic heterocycles. The van der Waals surface area contributed by atoms with Crippen LogP contribution in [0.4, 0.5) is 26.3 Å². The van der Waals surface area contributed by atoms with Crippen LogP contribution < -0.4 is 0 Å². The maximum absolute atomic E-state index is 13.7. The molecule has 0 spiro atoms. The van der Waals surface area contributed by atoms with E-state index in [1.807, 2.05) is 83.4 Å². The minimum absolute atomic E-state index is 0.129. The Balaban J connectivity index is 1.53. The number of nitriles is 1. The highest BCUT2D eigenvalue weighted by molar-refractivity contribution is 6.11. The maximum atomic E-state index is 13.7. The van der Waals surface area contributed by atoms with E-state index in [1.165, 1.54) is 6.07 Å². The zero-order valence-corrected chi connectivity index (χ0v) is 24.2. The smallest absolute Gasteiger partial charge is 0.309 e. The molecule has 0 unspecified atom stereocenters. The lowest BCUT2D eigenvalue weighted by Crippen LogP contribution is -2.11. The molecule has 0 saturated carbocycles. The fourth-order valence-corrected chi connectivity index (χ4v) is 6.02. The van der Waals surface area contributed by atoms with Gasteiger partial charge in [0, 0.05) is 34.3 Å². The molecule has 0 aliphatic carbocycles. The van der Waals surface area contributed by atoms with Crippen LogP contribution in [0.25, 0.3) is 60.9 Å². The Kier molecular flexibility index (Phi) is 7.09. The molecule has 0 radical (unpaired) electrons. The van der Waals surface area contributed by atoms with Crippen molar-refractivity contribution < 1.29 is 26.3 Å². The summed E-state index contributed by atoms with van der Waals surface area (Å²) in [5.74, 6) is 0. The Morgan fingerprint density at radius 3 is 1.81 bits per heavy atom. The number of aromatic nitrogens is 2. The Morgan fingerprint density at radius 2 is 1.15 bits per heavy atom. The second-order valence-electron chi connectivity index (χ2n) is 11.0. The first-order chi connectivity index (χ1) is 22.5. The molecule has 2 heterocycles. The minimum atomic E-state index is -4.97. The lowest BCUT2D eigenvalue weighted by molar-refractivity contribution is -0.143. The average Bonchev–Trinajstić information content (AvgIpc) is 3.41. The first-order valence-electron chi connectivity index (χ1n) is 14.4. The van der Waals surface area contributed by atoms with Crippen LogP contribution in [-0.2, 0) is 12.4 Å². The van der Waals surface area contributed by atoms with Crippen LogP contribution in [0.2, 0.25) is 0 Å². The molecule has 7 aromatic rings. The van der Waals surface area contributed by atoms with Crippen molar-refractivity contribution in [2.75, 3.05) is 0 Å². The summed E-state index contributed by atoms with van der Waals surface area (Å²) in [6.07, 6.45) is -6.65. The summed E-state index contributed by atoms with van der Waals surface area (Å²) in [6, 6.07) is 33.2. The number of fused-ring (bicyclic) bond motifs is 3. The van der Waals surface area contributed by atoms with Gasteiger partial charge in [-0.3, -0.25) is 4.98 Å². The number of para-hydroxylation sites is 1. The normalized spacial score (nSPS) is 12.0. The van der Waals surface area contributed by atoms with Crippen molar-refractivity contribution in [1.29, 1.82) is 5.26 Å². The predicted molar refractivity (Wildman–Crippen MR) is 170 cm³/mol. The van der Waals surface area contributed by atoms with Gasteiger partial charge >= 0.3 is 12.4 Å². The van der Waals surface area contributed by atoms with Crippen molar-refractivity contribution in [3.63, 3.8) is 0 Å². The van der Waals surface area contributed by atoms with Crippen molar-refractivity contribution in [3.05, 3.63) is 144 Å². The molecule has 2 aromatic heterocycles. The topological polar surface area (TPSA) is 41.6 Å². The van der Waals surface area contributed by atoms with E-state index in [0.29, 0.717) is 22.0 Å². The van der Waals surface area contributed by atoms with Gasteiger partial charge in [0.1, 0.15) is 0 Å². The van der Waals surface area contributed by atoms with Gasteiger partial charge in [0.25, 0.3) is 0 Å². The average molecular weight is 634 g/mol. The highest BCUT2D eigenvalue weighted by Gasteiger charge is 2.37. The second-order valence-corrected chi connectivity index (χ2v) is 11.0. The molecule has 5 aromatic carbocycles. The molecule has 0 fully saturated rings. The van der Waals surface area contributed by atoms with Gasteiger partial charge in [0.05, 0.1) is 39.5 Å². The standard InChI is InChI=1S/C38H21F6N3/c39-37(40,41)28-16-26(17-29(20-28)38(42,43)44)25-10-11-35-33(18-25)30-8-4-5-9-34(30)47(35)36-21-31(24-12-14-46-15-13-24)27(22-45)19-32(36)23-6-2-1-3-7-23/h1-21H. The van der Waals surface area contributed by atoms with E-state index in [1.54, 1.807) is 24.5 Å². The molecule has 7 rings (SSSR count). The molecule has 0 bridgehead atoms. The number of pyridine rings is 1. The first kappa shape index (κ1) is 29.8. The first-order valence-corrected chi connectivity index (χ1v) is 14.4. The number of halogens is 6. The molecule has 0 aliphatic rings. The monoisotopic (exact) mass is 633 g/mol. The van der Waals surface area contributed by atoms with Crippen LogP contribution >= 0.6 is 0 Å². The van der Waals surface area contributed by atoms with E-state index in [9.17, 15) is 31.6 Å². The number of hydrogen-bond donors (Lipinski definition) is 0. The van der Waals surface area contributed by atoms with Gasteiger partial charge < -0.3 is 4.57 Å². The summed E-state index contributed by atoms with van der Waals surface area (Å²) < 4.78 is 84.2. The van der Waals surface area contributed by atoms with Gasteiger partial charge in [-0.1, -0.05) is 54.6 Å². The molecule has 0 N–H and O–H groups in total. The van der Waals surface area contributed by atoms with Crippen molar-refractivity contribution >= 4 is 21.8 Å². The summed E-state index contributed by atoms with van der Waals surface area (Å²) in [6.45, 7) is 0. The zero-order valence-electron chi connectivity index (χ0n) is 24.2. The van der Waals surface area contributed by atoms with E-state index in [2.05, 4.69) is 11.1 Å². The minimum Gasteiger partial charge on any atom is -0.309 e. The van der Waals surface area contributed by atoms with Crippen molar-refractivity contribution in [2.24, 2.45) is 0 Å². The molecule has 0 amide bonds. The fourth-order valence-electron chi connectivity index (χ4n) is 6.02. The van der Waals surface area contributed by atoms with Gasteiger partial charge in [-0.2, -0.15) is 31.6 Å². The number of nitrogens with zero attached hydrogens (tertiary/aromatic N) is 3. The predicted octanol–water partition coefficient (Wildman–Crippen LogP) is 11.1. The van der Waals surface area contributed by atoms with Crippen molar-refractivity contribution in [1.82, 2.24) is 9.55 Å². The number of rotatable bonds is 4. The quantitative estimate of drug-likeness (QED) is 0.181. The zero-order chi connectivity index (χ0) is 32.9. The summed E-state index contributed by atoms with van der Waals surface area (Å²) in [4.78, 5) is 4.10. The van der Waals surface area contributed by atoms with E-state index in [-0.39, 0.29) is 17.2 Å². The molecule has 9 heteroatoms. The highest BCUT2D eigenvalue weighted by atomic mass is 19.4. The summed E-state index contributed by atoms with van der Waals surface area (Å²) in [5, 5.41) is 11.6. The molecule has 230 valence electrons. The highest BCUT2D eigenvalue weighted by Crippen LogP contribution is 2.42. The van der Waals surface area contributed by atoms with Gasteiger partial charge in [-0.25, -0.2) is 0 Å². The van der Waals surface area contributed by atoms with Crippen LogP contribution in [0.15, 0.2) is 128 Å². The molecular formula is C38H21F6N3. The Bertz CT molecular complexity index is 2300. The third-order valence-electron chi connectivity index (χ3n) is 8.17. The van der Waals surface area contributed by atoms with Crippen LogP contribution in [0.1, 0.15) is 16.7 Å². The van der Waals surface area contributed by atoms with Crippen LogP contribution in [0.5, 0.6) is 0 Å². The summed E-state index contributed by atoms with van der Waals surface area (Å²) >= 11 is 0. The van der Waals surface area contributed by atoms with E-state index in [4.69, 9.17) is 0 Å². The lowest BCUT2D eigenvalue weighted by atomic mass is 9.94. The molecule has 3 nitrogen and oxygen atoms in total. The van der Waals surface area contributed by atoms with E-state index < -0.39 is 23.5 Å². The summed E-state index contributed by atoms with van der Waals surface area (Å²) in [5.41, 5.74) is 2.96. The van der Waals surface area contributed by atoms with E-state index in [0.717, 1.165) is 45.4 Å². The van der Waals surface area contributed by atoms with E-state index >= 15 is 0 Å². The Labute approximate surface area is 264 Å². The van der Waals surface area contributed by atoms with Gasteiger partial charge in [0.2, 0.25) is 0 Å². The number of benzene rings is 5. The van der Waals surface area contributed by atoms with Crippen LogP contribution in [0, 0.1) is 11.3 Å². The Hall–Kier alpha value is -5.88. The molecule has 0 saturated heterocycles. The molecular weight excluding hydrogens is 612 g/mol. The third-order valence-corrected chi connectivity index (χ3v) is 8.17. The molecule has 47 heavy (non-hydrogen) atoms. The summed E-state index contributed by atoms with van der Waals surface area (Å²) in [7, 11) is 0. The third kappa shape index (κ3) is 5.38. The maximum Gasteiger partial charge on any atom is 0.416 e. The van der Waals surface area contributed by atoms with Gasteiger partial charge in [-0.05, 0) is 82.9 Å². The fraction of sp³-hybridized carbons (Fsp3) is 0.0526. The van der Waals surface area contributed by atoms with Crippen molar-refractivity contribution in [2.45, 2.75) is 12.4 Å². The van der Waals surface area contributed by atoms with Crippen molar-refractivity contribution in [3.8, 4) is 45.1 Å². The largest absolute Gasteiger partial charge is 0.416 e. The Morgan fingerprint density at radius 1 is 0.532 bits per heavy atom. The van der Waals surface area contributed by atoms with Gasteiger partial charge in [0.15, 0.2) is 0 Å². The number of hydrogen-bond acceptors (Lipinski definition) is 2.